The SMILES string of the molecule is CC(C)(C)OC(=O)N[C@@H]1CCCCC[C@@H]1C(=O)O.CC(C)(C)OC(=O)N[C@H]1CCCCC[C@H]1C(=O)O. The third-order valence-electron chi connectivity index (χ3n) is 6.07. The maximum Gasteiger partial charge on any atom is 0.407 e. The molecular formula is C26H46N2O8. The van der Waals surface area contributed by atoms with E-state index < -0.39 is 47.2 Å². The minimum absolute atomic E-state index is 0.320. The van der Waals surface area contributed by atoms with Crippen LogP contribution in [0.25, 0.3) is 0 Å². The zero-order valence-electron chi connectivity index (χ0n) is 22.7. The number of nitrogens with one attached hydrogen (secondary N) is 2. The lowest BCUT2D eigenvalue weighted by atomic mass is 9.95. The molecular weight excluding hydrogens is 468 g/mol. The van der Waals surface area contributed by atoms with E-state index in [1.165, 1.54) is 0 Å². The summed E-state index contributed by atoms with van der Waals surface area (Å²) >= 11 is 0. The van der Waals surface area contributed by atoms with E-state index in [2.05, 4.69) is 10.6 Å². The Hall–Kier alpha value is -2.52. The molecule has 4 N–H and O–H groups in total. The summed E-state index contributed by atoms with van der Waals surface area (Å²) in [6.07, 6.45) is 7.35. The summed E-state index contributed by atoms with van der Waals surface area (Å²) in [6, 6.07) is -0.639. The fourth-order valence-electron chi connectivity index (χ4n) is 4.47. The summed E-state index contributed by atoms with van der Waals surface area (Å²) in [5.74, 6) is -2.67. The zero-order chi connectivity index (χ0) is 27.5. The first-order valence-electron chi connectivity index (χ1n) is 13.0. The van der Waals surface area contributed by atoms with Crippen LogP contribution < -0.4 is 10.6 Å². The number of carboxylic acid groups (broad SMARTS) is 2. The molecule has 208 valence electrons. The summed E-state index contributed by atoms with van der Waals surface area (Å²) in [5.41, 5.74) is -1.12. The van der Waals surface area contributed by atoms with Gasteiger partial charge in [-0.2, -0.15) is 0 Å². The van der Waals surface area contributed by atoms with Gasteiger partial charge in [-0.25, -0.2) is 9.59 Å². The van der Waals surface area contributed by atoms with Crippen LogP contribution in [0.4, 0.5) is 9.59 Å². The summed E-state index contributed by atoms with van der Waals surface area (Å²) in [5, 5.41) is 23.8. The Balaban J connectivity index is 0.000000360. The molecule has 0 unspecified atom stereocenters. The normalized spacial score (nSPS) is 25.1. The van der Waals surface area contributed by atoms with Gasteiger partial charge in [-0.3, -0.25) is 9.59 Å². The molecule has 0 aromatic heterocycles. The Morgan fingerprint density at radius 3 is 1.17 bits per heavy atom. The van der Waals surface area contributed by atoms with E-state index in [4.69, 9.17) is 9.47 Å². The number of amides is 2. The van der Waals surface area contributed by atoms with Gasteiger partial charge in [0.15, 0.2) is 0 Å². The molecule has 2 saturated carbocycles. The Kier molecular flexibility index (Phi) is 12.5. The standard InChI is InChI=1S/2C13H23NO4/c2*1-13(2,3)18-12(17)14-10-8-6-4-5-7-9(10)11(15)16/h2*9-10H,4-8H2,1-3H3,(H,14,17)(H,15,16)/t2*9-,10+/m10/s1. The summed E-state index contributed by atoms with van der Waals surface area (Å²) in [4.78, 5) is 45.7. The Labute approximate surface area is 214 Å². The molecule has 2 aliphatic rings. The quantitative estimate of drug-likeness (QED) is 0.379. The van der Waals surface area contributed by atoms with Gasteiger partial charge in [-0.05, 0) is 67.2 Å². The minimum Gasteiger partial charge on any atom is -0.481 e. The topological polar surface area (TPSA) is 151 Å². The lowest BCUT2D eigenvalue weighted by Gasteiger charge is -2.25. The molecule has 0 heterocycles. The van der Waals surface area contributed by atoms with Crippen LogP contribution in [-0.4, -0.2) is 57.6 Å². The van der Waals surface area contributed by atoms with Crippen molar-refractivity contribution in [2.24, 2.45) is 11.8 Å². The number of alkyl carbamates (subject to hydrolysis) is 2. The van der Waals surface area contributed by atoms with Crippen molar-refractivity contribution in [1.29, 1.82) is 0 Å². The maximum atomic E-state index is 11.7. The number of aliphatic carboxylic acids is 2. The van der Waals surface area contributed by atoms with E-state index in [-0.39, 0.29) is 12.1 Å². The molecule has 2 aliphatic carbocycles. The summed E-state index contributed by atoms with van der Waals surface area (Å²) < 4.78 is 10.3. The summed E-state index contributed by atoms with van der Waals surface area (Å²) in [7, 11) is 0. The molecule has 0 spiro atoms. The number of carboxylic acids is 2. The van der Waals surface area contributed by atoms with Crippen molar-refractivity contribution in [1.82, 2.24) is 10.6 Å². The van der Waals surface area contributed by atoms with Crippen LogP contribution in [-0.2, 0) is 19.1 Å². The highest BCUT2D eigenvalue weighted by Gasteiger charge is 2.33. The summed E-state index contributed by atoms with van der Waals surface area (Å²) in [6.45, 7) is 10.7. The monoisotopic (exact) mass is 514 g/mol. The number of carbonyl (C=O) groups is 4. The van der Waals surface area contributed by atoms with Crippen molar-refractivity contribution >= 4 is 24.1 Å². The largest absolute Gasteiger partial charge is 0.481 e. The third kappa shape index (κ3) is 13.0. The van der Waals surface area contributed by atoms with Crippen LogP contribution in [0.3, 0.4) is 0 Å². The zero-order valence-corrected chi connectivity index (χ0v) is 22.7. The van der Waals surface area contributed by atoms with Crippen LogP contribution in [0, 0.1) is 11.8 Å². The second kappa shape index (κ2) is 14.3. The van der Waals surface area contributed by atoms with Gasteiger partial charge in [0.05, 0.1) is 11.8 Å². The highest BCUT2D eigenvalue weighted by molar-refractivity contribution is 5.74. The molecule has 0 radical (unpaired) electrons. The average Bonchev–Trinajstić information content (AvgIpc) is 3.06. The smallest absolute Gasteiger partial charge is 0.407 e. The third-order valence-corrected chi connectivity index (χ3v) is 6.07. The molecule has 0 bridgehead atoms. The molecule has 0 saturated heterocycles. The average molecular weight is 515 g/mol. The number of rotatable bonds is 4. The van der Waals surface area contributed by atoms with Crippen molar-refractivity contribution in [3.05, 3.63) is 0 Å². The van der Waals surface area contributed by atoms with Crippen molar-refractivity contribution in [2.45, 2.75) is 129 Å². The van der Waals surface area contributed by atoms with Gasteiger partial charge in [-0.1, -0.05) is 38.5 Å². The van der Waals surface area contributed by atoms with Gasteiger partial charge >= 0.3 is 24.1 Å². The molecule has 10 heteroatoms. The second-order valence-electron chi connectivity index (χ2n) is 11.7. The number of hydrogen-bond donors (Lipinski definition) is 4. The van der Waals surface area contributed by atoms with Gasteiger partial charge in [0.2, 0.25) is 0 Å². The first kappa shape index (κ1) is 31.5. The number of ether oxygens (including phenoxy) is 2. The Morgan fingerprint density at radius 1 is 0.583 bits per heavy atom. The number of carbonyl (C=O) groups excluding carboxylic acids is 2. The van der Waals surface area contributed by atoms with Gasteiger partial charge in [0.25, 0.3) is 0 Å². The lowest BCUT2D eigenvalue weighted by Crippen LogP contribution is -2.44. The first-order valence-corrected chi connectivity index (χ1v) is 13.0. The molecule has 36 heavy (non-hydrogen) atoms. The maximum absolute atomic E-state index is 11.7. The number of hydrogen-bond acceptors (Lipinski definition) is 6. The van der Waals surface area contributed by atoms with Crippen molar-refractivity contribution < 1.29 is 38.9 Å². The predicted octanol–water partition coefficient (Wildman–Crippen LogP) is 5.09. The van der Waals surface area contributed by atoms with Crippen LogP contribution >= 0.6 is 0 Å². The van der Waals surface area contributed by atoms with Gasteiger partial charge < -0.3 is 30.3 Å². The molecule has 0 aromatic rings. The highest BCUT2D eigenvalue weighted by Crippen LogP contribution is 2.25. The van der Waals surface area contributed by atoms with E-state index in [1.807, 2.05) is 0 Å². The fraction of sp³-hybridized carbons (Fsp3) is 0.846. The van der Waals surface area contributed by atoms with Crippen LogP contribution in [0.15, 0.2) is 0 Å². The molecule has 4 atom stereocenters. The van der Waals surface area contributed by atoms with E-state index >= 15 is 0 Å². The minimum atomic E-state index is -0.835. The van der Waals surface area contributed by atoms with Crippen LogP contribution in [0.2, 0.25) is 0 Å². The lowest BCUT2D eigenvalue weighted by molar-refractivity contribution is -0.144. The van der Waals surface area contributed by atoms with E-state index in [0.717, 1.165) is 38.5 Å². The van der Waals surface area contributed by atoms with Gasteiger partial charge in [0.1, 0.15) is 11.2 Å². The molecule has 2 fully saturated rings. The second-order valence-corrected chi connectivity index (χ2v) is 11.7. The first-order chi connectivity index (χ1) is 16.6. The van der Waals surface area contributed by atoms with Crippen molar-refractivity contribution in [3.8, 4) is 0 Å². The highest BCUT2D eigenvalue weighted by atomic mass is 16.6. The Bertz CT molecular complexity index is 679. The van der Waals surface area contributed by atoms with Crippen LogP contribution in [0.1, 0.15) is 106 Å². The molecule has 2 rings (SSSR count). The van der Waals surface area contributed by atoms with Crippen molar-refractivity contribution in [3.63, 3.8) is 0 Å². The molecule has 0 aliphatic heterocycles. The van der Waals surface area contributed by atoms with E-state index in [1.54, 1.807) is 41.5 Å². The van der Waals surface area contributed by atoms with Gasteiger partial charge in [-0.15, -0.1) is 0 Å². The predicted molar refractivity (Wildman–Crippen MR) is 135 cm³/mol. The van der Waals surface area contributed by atoms with E-state index in [0.29, 0.717) is 25.7 Å². The van der Waals surface area contributed by atoms with E-state index in [9.17, 15) is 29.4 Å². The molecule has 0 aromatic carbocycles. The van der Waals surface area contributed by atoms with Gasteiger partial charge in [0, 0.05) is 12.1 Å². The van der Waals surface area contributed by atoms with Crippen LogP contribution in [0.5, 0.6) is 0 Å². The molecule has 2 amide bonds. The van der Waals surface area contributed by atoms with Crippen molar-refractivity contribution in [2.75, 3.05) is 0 Å². The fourth-order valence-corrected chi connectivity index (χ4v) is 4.47. The Morgan fingerprint density at radius 2 is 0.889 bits per heavy atom. The molecule has 10 nitrogen and oxygen atoms in total.